The predicted molar refractivity (Wildman–Crippen MR) is 50.7 cm³/mol. The fraction of sp³-hybridized carbons (Fsp3) is 0.125. The van der Waals surface area contributed by atoms with Gasteiger partial charge in [0, 0.05) is 11.6 Å². The topological polar surface area (TPSA) is 102 Å². The van der Waals surface area contributed by atoms with E-state index in [0.717, 1.165) is 0 Å². The van der Waals surface area contributed by atoms with Crippen molar-refractivity contribution in [1.29, 1.82) is 5.41 Å². The quantitative estimate of drug-likeness (QED) is 0.323. The lowest BCUT2D eigenvalue weighted by Crippen LogP contribution is -2.11. The minimum Gasteiger partial charge on any atom is -0.490 e. The molecule has 0 aliphatic heterocycles. The van der Waals surface area contributed by atoms with Crippen LogP contribution in [0.3, 0.4) is 0 Å². The molecule has 0 saturated heterocycles. The fourth-order valence-electron chi connectivity index (χ4n) is 1.00. The number of rotatable bonds is 3. The maximum atomic E-state index is 10.6. The Bertz CT molecular complexity index is 389. The molecule has 6 heteroatoms. The Kier molecular flexibility index (Phi) is 2.66. The van der Waals surface area contributed by atoms with Crippen molar-refractivity contribution in [3.63, 3.8) is 0 Å². The number of amidine groups is 1. The molecule has 0 radical (unpaired) electrons. The summed E-state index contributed by atoms with van der Waals surface area (Å²) >= 11 is 0. The Morgan fingerprint density at radius 1 is 1.64 bits per heavy atom. The summed E-state index contributed by atoms with van der Waals surface area (Å²) in [4.78, 5) is 9.99. The molecular weight excluding hydrogens is 186 g/mol. The second-order valence-corrected chi connectivity index (χ2v) is 2.56. The molecule has 0 heterocycles. The standard InChI is InChI=1S/C8H9N3O3/c1-14-7-3-2-5(8(9)10)4-6(7)11(12)13/h2-4H,1H3,(H3,9,10). The Morgan fingerprint density at radius 2 is 2.29 bits per heavy atom. The van der Waals surface area contributed by atoms with Gasteiger partial charge in [0.1, 0.15) is 5.84 Å². The summed E-state index contributed by atoms with van der Waals surface area (Å²) in [6, 6.07) is 4.12. The van der Waals surface area contributed by atoms with Gasteiger partial charge in [-0.2, -0.15) is 0 Å². The third kappa shape index (κ3) is 1.79. The lowest BCUT2D eigenvalue weighted by Gasteiger charge is -2.03. The number of nitro benzene ring substituents is 1. The highest BCUT2D eigenvalue weighted by atomic mass is 16.6. The molecule has 0 amide bonds. The summed E-state index contributed by atoms with van der Waals surface area (Å²) < 4.78 is 4.79. The normalized spacial score (nSPS) is 9.50. The van der Waals surface area contributed by atoms with Crippen molar-refractivity contribution in [2.75, 3.05) is 7.11 Å². The Labute approximate surface area is 80.0 Å². The molecule has 0 aromatic heterocycles. The zero-order valence-electron chi connectivity index (χ0n) is 7.48. The molecule has 0 unspecified atom stereocenters. The van der Waals surface area contributed by atoms with E-state index < -0.39 is 4.92 Å². The highest BCUT2D eigenvalue weighted by molar-refractivity contribution is 5.95. The summed E-state index contributed by atoms with van der Waals surface area (Å²) in [6.45, 7) is 0. The van der Waals surface area contributed by atoms with Gasteiger partial charge < -0.3 is 10.5 Å². The van der Waals surface area contributed by atoms with Gasteiger partial charge in [0.2, 0.25) is 0 Å². The van der Waals surface area contributed by atoms with Crippen LogP contribution in [-0.2, 0) is 0 Å². The average Bonchev–Trinajstić information content (AvgIpc) is 2.16. The third-order valence-corrected chi connectivity index (χ3v) is 1.69. The molecule has 3 N–H and O–H groups in total. The minimum absolute atomic E-state index is 0.153. The van der Waals surface area contributed by atoms with Crippen molar-refractivity contribution in [2.24, 2.45) is 5.73 Å². The molecule has 0 bridgehead atoms. The SMILES string of the molecule is COc1ccc(C(=N)N)cc1[N+](=O)[O-]. The molecule has 0 saturated carbocycles. The summed E-state index contributed by atoms with van der Waals surface area (Å²) in [5.74, 6) is -0.0595. The first-order valence-electron chi connectivity index (χ1n) is 3.73. The molecule has 74 valence electrons. The van der Waals surface area contributed by atoms with Crippen molar-refractivity contribution in [3.8, 4) is 5.75 Å². The Balaban J connectivity index is 3.27. The smallest absolute Gasteiger partial charge is 0.311 e. The number of hydrogen-bond acceptors (Lipinski definition) is 4. The van der Waals surface area contributed by atoms with E-state index in [9.17, 15) is 10.1 Å². The maximum Gasteiger partial charge on any atom is 0.311 e. The monoisotopic (exact) mass is 195 g/mol. The van der Waals surface area contributed by atoms with Crippen LogP contribution < -0.4 is 10.5 Å². The van der Waals surface area contributed by atoms with Crippen LogP contribution in [0.25, 0.3) is 0 Å². The molecule has 0 fully saturated rings. The van der Waals surface area contributed by atoms with E-state index in [1.807, 2.05) is 0 Å². The van der Waals surface area contributed by atoms with Crippen LogP contribution in [0.1, 0.15) is 5.56 Å². The van der Waals surface area contributed by atoms with Crippen LogP contribution in [0.5, 0.6) is 5.75 Å². The minimum atomic E-state index is -0.578. The summed E-state index contributed by atoms with van der Waals surface area (Å²) in [5, 5.41) is 17.7. The first kappa shape index (κ1) is 9.97. The van der Waals surface area contributed by atoms with Crippen LogP contribution in [-0.4, -0.2) is 17.9 Å². The first-order chi connectivity index (χ1) is 6.56. The lowest BCUT2D eigenvalue weighted by molar-refractivity contribution is -0.385. The molecule has 0 spiro atoms. The van der Waals surface area contributed by atoms with Crippen molar-refractivity contribution in [2.45, 2.75) is 0 Å². The molecule has 1 rings (SSSR count). The van der Waals surface area contributed by atoms with E-state index in [1.165, 1.54) is 25.3 Å². The third-order valence-electron chi connectivity index (χ3n) is 1.69. The van der Waals surface area contributed by atoms with Gasteiger partial charge in [0.05, 0.1) is 12.0 Å². The zero-order chi connectivity index (χ0) is 10.7. The average molecular weight is 195 g/mol. The fourth-order valence-corrected chi connectivity index (χ4v) is 1.00. The van der Waals surface area contributed by atoms with Gasteiger partial charge in [-0.1, -0.05) is 0 Å². The van der Waals surface area contributed by atoms with Crippen LogP contribution in [0.4, 0.5) is 5.69 Å². The number of nitrogens with two attached hydrogens (primary N) is 1. The van der Waals surface area contributed by atoms with Gasteiger partial charge in [-0.05, 0) is 12.1 Å². The van der Waals surface area contributed by atoms with Gasteiger partial charge in [-0.3, -0.25) is 15.5 Å². The largest absolute Gasteiger partial charge is 0.490 e. The molecule has 1 aromatic carbocycles. The Morgan fingerprint density at radius 3 is 2.71 bits per heavy atom. The molecule has 14 heavy (non-hydrogen) atoms. The van der Waals surface area contributed by atoms with Gasteiger partial charge in [0.15, 0.2) is 5.75 Å². The van der Waals surface area contributed by atoms with E-state index in [1.54, 1.807) is 0 Å². The second-order valence-electron chi connectivity index (χ2n) is 2.56. The van der Waals surface area contributed by atoms with Gasteiger partial charge in [-0.15, -0.1) is 0 Å². The highest BCUT2D eigenvalue weighted by Crippen LogP contribution is 2.27. The molecular formula is C8H9N3O3. The predicted octanol–water partition coefficient (Wildman–Crippen LogP) is 0.887. The van der Waals surface area contributed by atoms with E-state index in [4.69, 9.17) is 15.9 Å². The molecule has 0 aliphatic carbocycles. The number of nitrogen functional groups attached to an aromatic ring is 1. The maximum absolute atomic E-state index is 10.6. The van der Waals surface area contributed by atoms with Crippen molar-refractivity contribution in [3.05, 3.63) is 33.9 Å². The van der Waals surface area contributed by atoms with Gasteiger partial charge >= 0.3 is 5.69 Å². The zero-order valence-corrected chi connectivity index (χ0v) is 7.48. The number of ether oxygens (including phenoxy) is 1. The highest BCUT2D eigenvalue weighted by Gasteiger charge is 2.15. The number of nitrogens with one attached hydrogen (secondary N) is 1. The van der Waals surface area contributed by atoms with Gasteiger partial charge in [-0.25, -0.2) is 0 Å². The number of hydrogen-bond donors (Lipinski definition) is 2. The summed E-state index contributed by atoms with van der Waals surface area (Å²) in [7, 11) is 1.34. The van der Waals surface area contributed by atoms with E-state index in [-0.39, 0.29) is 17.3 Å². The molecule has 1 aromatic rings. The van der Waals surface area contributed by atoms with E-state index in [0.29, 0.717) is 5.56 Å². The first-order valence-corrected chi connectivity index (χ1v) is 3.73. The van der Waals surface area contributed by atoms with Crippen LogP contribution in [0.15, 0.2) is 18.2 Å². The summed E-state index contributed by atoms with van der Waals surface area (Å²) in [6.07, 6.45) is 0. The van der Waals surface area contributed by atoms with Crippen molar-refractivity contribution >= 4 is 11.5 Å². The summed E-state index contributed by atoms with van der Waals surface area (Å²) in [5.41, 5.74) is 5.30. The van der Waals surface area contributed by atoms with Crippen LogP contribution in [0, 0.1) is 15.5 Å². The number of methoxy groups -OCH3 is 1. The molecule has 6 nitrogen and oxygen atoms in total. The van der Waals surface area contributed by atoms with E-state index in [2.05, 4.69) is 0 Å². The Hall–Kier alpha value is -2.11. The number of nitrogens with zero attached hydrogens (tertiary/aromatic N) is 1. The van der Waals surface area contributed by atoms with Crippen LogP contribution in [0.2, 0.25) is 0 Å². The molecule has 0 aliphatic rings. The lowest BCUT2D eigenvalue weighted by atomic mass is 10.2. The van der Waals surface area contributed by atoms with Crippen molar-refractivity contribution < 1.29 is 9.66 Å². The van der Waals surface area contributed by atoms with Gasteiger partial charge in [0.25, 0.3) is 0 Å². The second kappa shape index (κ2) is 3.73. The van der Waals surface area contributed by atoms with Crippen molar-refractivity contribution in [1.82, 2.24) is 0 Å². The number of nitro groups is 1. The van der Waals surface area contributed by atoms with Crippen LogP contribution >= 0.6 is 0 Å². The van der Waals surface area contributed by atoms with E-state index >= 15 is 0 Å². The number of benzene rings is 1. The molecule has 0 atom stereocenters.